The van der Waals surface area contributed by atoms with Crippen LogP contribution in [0.2, 0.25) is 0 Å². The van der Waals surface area contributed by atoms with Crippen molar-refractivity contribution in [2.75, 3.05) is 0 Å². The van der Waals surface area contributed by atoms with E-state index in [1.807, 2.05) is 13.8 Å². The summed E-state index contributed by atoms with van der Waals surface area (Å²) in [7, 11) is 0. The molecule has 1 rings (SSSR count). The molecule has 0 aromatic heterocycles. The Morgan fingerprint density at radius 1 is 1.31 bits per heavy atom. The van der Waals surface area contributed by atoms with E-state index in [1.165, 1.54) is 6.08 Å². The Hall–Kier alpha value is -0.730. The molecule has 0 aromatic carbocycles. The van der Waals surface area contributed by atoms with Crippen LogP contribution in [0.5, 0.6) is 0 Å². The number of alkyl halides is 3. The second-order valence-electron chi connectivity index (χ2n) is 2.70. The molecule has 1 aliphatic rings. The lowest BCUT2D eigenvalue weighted by Crippen LogP contribution is -2.21. The van der Waals surface area contributed by atoms with Crippen LogP contribution in [0.15, 0.2) is 23.8 Å². The Bertz CT molecular complexity index is 199. The third-order valence-corrected chi connectivity index (χ3v) is 1.66. The third kappa shape index (κ3) is 4.15. The van der Waals surface area contributed by atoms with Crippen LogP contribution in [-0.2, 0) is 0 Å². The fourth-order valence-electron chi connectivity index (χ4n) is 1.07. The zero-order valence-electron chi connectivity index (χ0n) is 8.15. The van der Waals surface area contributed by atoms with Crippen molar-refractivity contribution in [1.29, 1.82) is 0 Å². The van der Waals surface area contributed by atoms with Crippen molar-refractivity contribution in [2.45, 2.75) is 33.4 Å². The van der Waals surface area contributed by atoms with Crippen molar-refractivity contribution >= 4 is 0 Å². The van der Waals surface area contributed by atoms with Gasteiger partial charge in [0.2, 0.25) is 0 Å². The standard InChI is InChI=1S/C8H9F3.C2H6/c1-6-3-2-4-7(5-6)8(9,10)11;1-2/h2-3,5,7H,4H2,1H3;1-2H3. The number of hydrogen-bond acceptors (Lipinski definition) is 0. The summed E-state index contributed by atoms with van der Waals surface area (Å²) in [5, 5.41) is 0. The largest absolute Gasteiger partial charge is 0.395 e. The highest BCUT2D eigenvalue weighted by Gasteiger charge is 2.37. The van der Waals surface area contributed by atoms with Gasteiger partial charge in [0, 0.05) is 0 Å². The maximum Gasteiger partial charge on any atom is 0.395 e. The van der Waals surface area contributed by atoms with Gasteiger partial charge in [-0.15, -0.1) is 0 Å². The molecule has 0 saturated carbocycles. The van der Waals surface area contributed by atoms with Crippen LogP contribution in [0.4, 0.5) is 13.2 Å². The van der Waals surface area contributed by atoms with Gasteiger partial charge in [-0.05, 0) is 13.3 Å². The molecule has 1 atom stereocenters. The van der Waals surface area contributed by atoms with E-state index in [2.05, 4.69) is 0 Å². The lowest BCUT2D eigenvalue weighted by molar-refractivity contribution is -0.160. The number of allylic oxidation sites excluding steroid dienone is 4. The fourth-order valence-corrected chi connectivity index (χ4v) is 1.07. The minimum atomic E-state index is -4.08. The molecule has 3 heteroatoms. The molecule has 0 radical (unpaired) electrons. The van der Waals surface area contributed by atoms with Crippen molar-refractivity contribution in [2.24, 2.45) is 5.92 Å². The van der Waals surface area contributed by atoms with Crippen molar-refractivity contribution < 1.29 is 13.2 Å². The Morgan fingerprint density at radius 2 is 1.85 bits per heavy atom. The van der Waals surface area contributed by atoms with E-state index < -0.39 is 12.1 Å². The summed E-state index contributed by atoms with van der Waals surface area (Å²) >= 11 is 0. The quantitative estimate of drug-likeness (QED) is 0.542. The average molecular weight is 192 g/mol. The van der Waals surface area contributed by atoms with E-state index in [1.54, 1.807) is 19.1 Å². The first-order valence-electron chi connectivity index (χ1n) is 4.42. The molecule has 0 amide bonds. The summed E-state index contributed by atoms with van der Waals surface area (Å²) in [6.07, 6.45) is 0.544. The van der Waals surface area contributed by atoms with Gasteiger partial charge < -0.3 is 0 Å². The maximum atomic E-state index is 12.0. The number of hydrogen-bond donors (Lipinski definition) is 0. The Balaban J connectivity index is 0.000000671. The zero-order chi connectivity index (χ0) is 10.5. The molecule has 0 N–H and O–H groups in total. The Kier molecular flexibility index (Phi) is 4.81. The normalized spacial score (nSPS) is 21.7. The number of rotatable bonds is 0. The van der Waals surface area contributed by atoms with Gasteiger partial charge in [0.1, 0.15) is 0 Å². The maximum absolute atomic E-state index is 12.0. The van der Waals surface area contributed by atoms with E-state index in [0.717, 1.165) is 0 Å². The van der Waals surface area contributed by atoms with Gasteiger partial charge in [-0.25, -0.2) is 0 Å². The molecule has 13 heavy (non-hydrogen) atoms. The van der Waals surface area contributed by atoms with Crippen molar-refractivity contribution in [1.82, 2.24) is 0 Å². The third-order valence-electron chi connectivity index (χ3n) is 1.66. The van der Waals surface area contributed by atoms with Crippen LogP contribution in [0.3, 0.4) is 0 Å². The van der Waals surface area contributed by atoms with Gasteiger partial charge in [0.25, 0.3) is 0 Å². The van der Waals surface area contributed by atoms with Gasteiger partial charge in [0.05, 0.1) is 5.92 Å². The highest BCUT2D eigenvalue weighted by Crippen LogP contribution is 2.33. The monoisotopic (exact) mass is 192 g/mol. The van der Waals surface area contributed by atoms with Crippen LogP contribution in [0, 0.1) is 5.92 Å². The predicted octanol–water partition coefficient (Wildman–Crippen LogP) is 4.10. The molecule has 0 heterocycles. The molecule has 0 aromatic rings. The summed E-state index contributed by atoms with van der Waals surface area (Å²) in [5.74, 6) is -1.27. The highest BCUT2D eigenvalue weighted by molar-refractivity contribution is 5.22. The lowest BCUT2D eigenvalue weighted by Gasteiger charge is -2.18. The van der Waals surface area contributed by atoms with Gasteiger partial charge in [-0.1, -0.05) is 37.6 Å². The van der Waals surface area contributed by atoms with Gasteiger partial charge >= 0.3 is 6.18 Å². The molecule has 1 unspecified atom stereocenters. The zero-order valence-corrected chi connectivity index (χ0v) is 8.15. The topological polar surface area (TPSA) is 0 Å². The first kappa shape index (κ1) is 12.3. The highest BCUT2D eigenvalue weighted by atomic mass is 19.4. The minimum absolute atomic E-state index is 0.0842. The summed E-state index contributed by atoms with van der Waals surface area (Å²) in [6, 6.07) is 0. The van der Waals surface area contributed by atoms with Crippen LogP contribution in [0.25, 0.3) is 0 Å². The van der Waals surface area contributed by atoms with Crippen molar-refractivity contribution in [3.8, 4) is 0 Å². The number of halogens is 3. The minimum Gasteiger partial charge on any atom is -0.170 e. The molecular weight excluding hydrogens is 177 g/mol. The molecule has 0 bridgehead atoms. The van der Waals surface area contributed by atoms with Crippen LogP contribution < -0.4 is 0 Å². The van der Waals surface area contributed by atoms with Gasteiger partial charge in [0.15, 0.2) is 0 Å². The average Bonchev–Trinajstić information content (AvgIpc) is 2.06. The van der Waals surface area contributed by atoms with Gasteiger partial charge in [-0.2, -0.15) is 13.2 Å². The van der Waals surface area contributed by atoms with E-state index in [-0.39, 0.29) is 6.42 Å². The molecule has 0 nitrogen and oxygen atoms in total. The Labute approximate surface area is 77.1 Å². The SMILES string of the molecule is CC.CC1=CC(C(F)(F)F)CC=C1. The second kappa shape index (κ2) is 5.10. The molecule has 0 saturated heterocycles. The van der Waals surface area contributed by atoms with Crippen LogP contribution in [0.1, 0.15) is 27.2 Å². The van der Waals surface area contributed by atoms with E-state index in [0.29, 0.717) is 5.57 Å². The van der Waals surface area contributed by atoms with E-state index >= 15 is 0 Å². The molecule has 0 fully saturated rings. The van der Waals surface area contributed by atoms with Crippen molar-refractivity contribution in [3.63, 3.8) is 0 Å². The second-order valence-corrected chi connectivity index (χ2v) is 2.70. The predicted molar refractivity (Wildman–Crippen MR) is 48.4 cm³/mol. The summed E-state index contributed by atoms with van der Waals surface area (Å²) < 4.78 is 36.1. The molecular formula is C10H15F3. The van der Waals surface area contributed by atoms with Gasteiger partial charge in [-0.3, -0.25) is 0 Å². The molecule has 0 aliphatic heterocycles. The Morgan fingerprint density at radius 3 is 2.15 bits per heavy atom. The summed E-state index contributed by atoms with van der Waals surface area (Å²) in [5.41, 5.74) is 0.693. The first-order valence-corrected chi connectivity index (χ1v) is 4.42. The lowest BCUT2D eigenvalue weighted by atomic mass is 9.97. The van der Waals surface area contributed by atoms with E-state index in [9.17, 15) is 13.2 Å². The summed E-state index contributed by atoms with van der Waals surface area (Å²) in [4.78, 5) is 0. The molecule has 0 spiro atoms. The molecule has 1 aliphatic carbocycles. The molecule has 76 valence electrons. The van der Waals surface area contributed by atoms with Crippen LogP contribution in [-0.4, -0.2) is 6.18 Å². The van der Waals surface area contributed by atoms with Crippen molar-refractivity contribution in [3.05, 3.63) is 23.8 Å². The smallest absolute Gasteiger partial charge is 0.170 e. The van der Waals surface area contributed by atoms with E-state index in [4.69, 9.17) is 0 Å². The fraction of sp³-hybridized carbons (Fsp3) is 0.600. The first-order chi connectivity index (χ1) is 6.00. The summed E-state index contributed by atoms with van der Waals surface area (Å²) in [6.45, 7) is 5.68. The van der Waals surface area contributed by atoms with Crippen LogP contribution >= 0.6 is 0 Å².